The lowest BCUT2D eigenvalue weighted by atomic mass is 10.1. The van der Waals surface area contributed by atoms with E-state index in [1.54, 1.807) is 18.0 Å². The Kier molecular flexibility index (Phi) is 5.26. The summed E-state index contributed by atoms with van der Waals surface area (Å²) in [6.45, 7) is 6.58. The molecule has 5 nitrogen and oxygen atoms in total. The average Bonchev–Trinajstić information content (AvgIpc) is 3.00. The van der Waals surface area contributed by atoms with Crippen LogP contribution in [0, 0.1) is 0 Å². The topological polar surface area (TPSA) is 50.2 Å². The molecule has 2 aromatic rings. The first-order valence-electron chi connectivity index (χ1n) is 8.32. The second-order valence-electron chi connectivity index (χ2n) is 6.31. The Morgan fingerprint density at radius 3 is 2.71 bits per heavy atom. The second-order valence-corrected chi connectivity index (χ2v) is 7.96. The number of benzene rings is 1. The summed E-state index contributed by atoms with van der Waals surface area (Å²) in [4.78, 5) is 20.6. The maximum atomic E-state index is 13.0. The Hall–Kier alpha value is -1.79. The van der Waals surface area contributed by atoms with E-state index in [9.17, 15) is 4.79 Å². The van der Waals surface area contributed by atoms with E-state index in [1.165, 1.54) is 4.90 Å². The molecule has 0 radical (unpaired) electrons. The van der Waals surface area contributed by atoms with Crippen molar-refractivity contribution in [1.82, 2.24) is 19.8 Å². The zero-order valence-corrected chi connectivity index (χ0v) is 15.2. The number of amides is 1. The van der Waals surface area contributed by atoms with E-state index < -0.39 is 0 Å². The number of piperazine rings is 1. The maximum Gasteiger partial charge on any atom is 0.254 e. The number of carbonyl (C=O) groups is 1. The van der Waals surface area contributed by atoms with Crippen LogP contribution in [0.2, 0.25) is 0 Å². The van der Waals surface area contributed by atoms with Crippen LogP contribution < -0.4 is 5.32 Å². The molecule has 6 heteroatoms. The van der Waals surface area contributed by atoms with Crippen LogP contribution in [0.1, 0.15) is 36.1 Å². The lowest BCUT2D eigenvalue weighted by molar-refractivity contribution is 0.0621. The summed E-state index contributed by atoms with van der Waals surface area (Å²) in [7, 11) is 1.97. The van der Waals surface area contributed by atoms with E-state index in [0.29, 0.717) is 11.8 Å². The van der Waals surface area contributed by atoms with Crippen molar-refractivity contribution in [3.05, 3.63) is 48.0 Å². The Morgan fingerprint density at radius 2 is 2.08 bits per heavy atom. The number of thioether (sulfide) groups is 1. The molecule has 2 heterocycles. The van der Waals surface area contributed by atoms with Gasteiger partial charge in [0.2, 0.25) is 0 Å². The SMILES string of the molecule is CC(C)Sc1ccc(C(=O)N2CCNCC2c2nccn2C)cc1. The molecule has 1 aliphatic rings. The summed E-state index contributed by atoms with van der Waals surface area (Å²) in [6.07, 6.45) is 3.70. The van der Waals surface area contributed by atoms with Gasteiger partial charge >= 0.3 is 0 Å². The minimum atomic E-state index is -0.0315. The fraction of sp³-hybridized carbons (Fsp3) is 0.444. The number of aromatic nitrogens is 2. The fourth-order valence-electron chi connectivity index (χ4n) is 2.99. The molecule has 0 saturated carbocycles. The third kappa shape index (κ3) is 3.65. The van der Waals surface area contributed by atoms with E-state index in [2.05, 4.69) is 24.1 Å². The summed E-state index contributed by atoms with van der Waals surface area (Å²) in [6, 6.07) is 7.91. The molecule has 0 bridgehead atoms. The molecule has 0 aliphatic carbocycles. The monoisotopic (exact) mass is 344 g/mol. The summed E-state index contributed by atoms with van der Waals surface area (Å²) in [5.41, 5.74) is 0.740. The van der Waals surface area contributed by atoms with Crippen LogP contribution in [-0.2, 0) is 7.05 Å². The Labute approximate surface area is 147 Å². The van der Waals surface area contributed by atoms with E-state index in [4.69, 9.17) is 0 Å². The van der Waals surface area contributed by atoms with E-state index >= 15 is 0 Å². The number of hydrogen-bond donors (Lipinski definition) is 1. The first-order valence-corrected chi connectivity index (χ1v) is 9.20. The maximum absolute atomic E-state index is 13.0. The van der Waals surface area contributed by atoms with Gasteiger partial charge in [0, 0.05) is 54.8 Å². The molecule has 1 saturated heterocycles. The lowest BCUT2D eigenvalue weighted by Crippen LogP contribution is -2.49. The highest BCUT2D eigenvalue weighted by molar-refractivity contribution is 7.99. The molecule has 1 aliphatic heterocycles. The van der Waals surface area contributed by atoms with Crippen molar-refractivity contribution in [2.75, 3.05) is 19.6 Å². The van der Waals surface area contributed by atoms with Crippen LogP contribution in [-0.4, -0.2) is 45.2 Å². The third-order valence-electron chi connectivity index (χ3n) is 4.13. The van der Waals surface area contributed by atoms with Gasteiger partial charge in [0.15, 0.2) is 0 Å². The van der Waals surface area contributed by atoms with Crippen molar-refractivity contribution in [1.29, 1.82) is 0 Å². The van der Waals surface area contributed by atoms with Crippen LogP contribution in [0.5, 0.6) is 0 Å². The number of carbonyl (C=O) groups excluding carboxylic acids is 1. The minimum absolute atomic E-state index is 0.0315. The van der Waals surface area contributed by atoms with Crippen molar-refractivity contribution >= 4 is 17.7 Å². The van der Waals surface area contributed by atoms with Gasteiger partial charge in [-0.15, -0.1) is 11.8 Å². The normalized spacial score (nSPS) is 18.2. The molecule has 1 atom stereocenters. The zero-order valence-electron chi connectivity index (χ0n) is 14.4. The average molecular weight is 344 g/mol. The lowest BCUT2D eigenvalue weighted by Gasteiger charge is -2.35. The van der Waals surface area contributed by atoms with E-state index in [1.807, 2.05) is 47.0 Å². The van der Waals surface area contributed by atoms with Gasteiger partial charge in [0.1, 0.15) is 11.9 Å². The van der Waals surface area contributed by atoms with Crippen LogP contribution in [0.15, 0.2) is 41.6 Å². The number of imidazole rings is 1. The number of rotatable bonds is 4. The predicted octanol–water partition coefficient (Wildman–Crippen LogP) is 2.71. The van der Waals surface area contributed by atoms with Gasteiger partial charge in [-0.1, -0.05) is 13.8 Å². The molecule has 128 valence electrons. The van der Waals surface area contributed by atoms with Crippen LogP contribution >= 0.6 is 11.8 Å². The zero-order chi connectivity index (χ0) is 17.1. The quantitative estimate of drug-likeness (QED) is 0.867. The van der Waals surface area contributed by atoms with Gasteiger partial charge in [0.25, 0.3) is 5.91 Å². The number of hydrogen-bond acceptors (Lipinski definition) is 4. The van der Waals surface area contributed by atoms with E-state index in [-0.39, 0.29) is 11.9 Å². The molecule has 1 amide bonds. The van der Waals surface area contributed by atoms with Crippen molar-refractivity contribution in [3.8, 4) is 0 Å². The number of nitrogens with one attached hydrogen (secondary N) is 1. The smallest absolute Gasteiger partial charge is 0.254 e. The van der Waals surface area contributed by atoms with Crippen LogP contribution in [0.4, 0.5) is 0 Å². The summed E-state index contributed by atoms with van der Waals surface area (Å²) in [5.74, 6) is 0.994. The van der Waals surface area contributed by atoms with Crippen molar-refractivity contribution in [2.24, 2.45) is 7.05 Å². The van der Waals surface area contributed by atoms with Gasteiger partial charge in [0.05, 0.1) is 0 Å². The van der Waals surface area contributed by atoms with E-state index in [0.717, 1.165) is 24.5 Å². The second kappa shape index (κ2) is 7.40. The molecular formula is C18H24N4OS. The van der Waals surface area contributed by atoms with Crippen molar-refractivity contribution in [3.63, 3.8) is 0 Å². The largest absolute Gasteiger partial charge is 0.336 e. The molecule has 24 heavy (non-hydrogen) atoms. The standard InChI is InChI=1S/C18H24N4OS/c1-13(2)24-15-6-4-14(5-7-15)18(23)22-11-8-19-12-16(22)17-20-9-10-21(17)3/h4-7,9-10,13,16,19H,8,11-12H2,1-3H3. The highest BCUT2D eigenvalue weighted by Gasteiger charge is 2.30. The van der Waals surface area contributed by atoms with Crippen LogP contribution in [0.25, 0.3) is 0 Å². The van der Waals surface area contributed by atoms with Crippen LogP contribution in [0.3, 0.4) is 0 Å². The van der Waals surface area contributed by atoms with Gasteiger partial charge in [-0.2, -0.15) is 0 Å². The molecule has 3 rings (SSSR count). The molecule has 1 fully saturated rings. The Bertz CT molecular complexity index is 695. The fourth-order valence-corrected chi connectivity index (χ4v) is 3.83. The summed E-state index contributed by atoms with van der Waals surface area (Å²) >= 11 is 1.81. The first kappa shape index (κ1) is 17.0. The first-order chi connectivity index (χ1) is 11.6. The highest BCUT2D eigenvalue weighted by atomic mass is 32.2. The minimum Gasteiger partial charge on any atom is -0.336 e. The highest BCUT2D eigenvalue weighted by Crippen LogP contribution is 2.26. The summed E-state index contributed by atoms with van der Waals surface area (Å²) in [5, 5.41) is 3.90. The van der Waals surface area contributed by atoms with Crippen molar-refractivity contribution in [2.45, 2.75) is 30.0 Å². The Morgan fingerprint density at radius 1 is 1.33 bits per heavy atom. The molecule has 1 unspecified atom stereocenters. The van der Waals surface area contributed by atoms with Crippen molar-refractivity contribution < 1.29 is 4.79 Å². The van der Waals surface area contributed by atoms with Gasteiger partial charge in [-0.3, -0.25) is 4.79 Å². The molecular weight excluding hydrogens is 320 g/mol. The third-order valence-corrected chi connectivity index (χ3v) is 5.15. The number of aryl methyl sites for hydroxylation is 1. The van der Waals surface area contributed by atoms with Gasteiger partial charge in [-0.25, -0.2) is 4.98 Å². The van der Waals surface area contributed by atoms with Gasteiger partial charge < -0.3 is 14.8 Å². The molecule has 0 spiro atoms. The summed E-state index contributed by atoms with van der Waals surface area (Å²) < 4.78 is 1.99. The molecule has 1 N–H and O–H groups in total. The molecule has 1 aromatic heterocycles. The van der Waals surface area contributed by atoms with Gasteiger partial charge in [-0.05, 0) is 24.3 Å². The predicted molar refractivity (Wildman–Crippen MR) is 97.3 cm³/mol. The number of nitrogens with zero attached hydrogens (tertiary/aromatic N) is 3. The Balaban J connectivity index is 1.80. The molecule has 1 aromatic carbocycles.